The second-order valence-corrected chi connectivity index (χ2v) is 6.70. The third kappa shape index (κ3) is 4.22. The number of aliphatic hydroxyl groups is 1. The third-order valence-electron chi connectivity index (χ3n) is 4.77. The Balaban J connectivity index is 1.72. The van der Waals surface area contributed by atoms with Gasteiger partial charge >= 0.3 is 11.7 Å². The Bertz CT molecular complexity index is 967. The minimum absolute atomic E-state index is 0.0460. The summed E-state index contributed by atoms with van der Waals surface area (Å²) < 4.78 is 12.4. The van der Waals surface area contributed by atoms with E-state index in [2.05, 4.69) is 4.98 Å². The molecule has 1 aromatic heterocycles. The highest BCUT2D eigenvalue weighted by Gasteiger charge is 2.39. The molecule has 0 radical (unpaired) electrons. The number of rotatable bonds is 6. The summed E-state index contributed by atoms with van der Waals surface area (Å²) in [5.41, 5.74) is 6.58. The summed E-state index contributed by atoms with van der Waals surface area (Å²) >= 11 is 0. The van der Waals surface area contributed by atoms with Crippen LogP contribution in [0.3, 0.4) is 0 Å². The zero-order valence-electron chi connectivity index (χ0n) is 15.5. The standard InChI is InChI=1S/C19H23N3O6/c1-11-9-22(19(26)21-18(11)25)16-7-14(15(10-23)27-16)28-17(24)6-12-4-2-3-5-13(12)8-20/h2-5,9,14-16,23H,6-8,10,20H2,1H3,(H,21,25,26)/t14-,15?,16-/m1/s1. The van der Waals surface area contributed by atoms with Gasteiger partial charge in [-0.3, -0.25) is 19.1 Å². The van der Waals surface area contributed by atoms with Crippen molar-refractivity contribution in [2.45, 2.75) is 44.7 Å². The maximum Gasteiger partial charge on any atom is 0.330 e. The summed E-state index contributed by atoms with van der Waals surface area (Å²) in [4.78, 5) is 38.2. The molecule has 1 unspecified atom stereocenters. The highest BCUT2D eigenvalue weighted by Crippen LogP contribution is 2.30. The van der Waals surface area contributed by atoms with Crippen LogP contribution in [0.4, 0.5) is 0 Å². The molecule has 9 heteroatoms. The molecule has 3 rings (SSSR count). The van der Waals surface area contributed by atoms with E-state index in [9.17, 15) is 19.5 Å². The predicted molar refractivity (Wildman–Crippen MR) is 99.6 cm³/mol. The first-order chi connectivity index (χ1) is 13.4. The van der Waals surface area contributed by atoms with Crippen molar-refractivity contribution < 1.29 is 19.4 Å². The second kappa shape index (κ2) is 8.51. The summed E-state index contributed by atoms with van der Waals surface area (Å²) in [6.45, 7) is 1.51. The average Bonchev–Trinajstić information content (AvgIpc) is 3.07. The molecule has 0 aliphatic carbocycles. The summed E-state index contributed by atoms with van der Waals surface area (Å²) in [5.74, 6) is -0.474. The van der Waals surface area contributed by atoms with E-state index >= 15 is 0 Å². The van der Waals surface area contributed by atoms with E-state index in [1.807, 2.05) is 24.3 Å². The molecular weight excluding hydrogens is 366 g/mol. The molecule has 1 aliphatic heterocycles. The molecule has 3 atom stereocenters. The smallest absolute Gasteiger partial charge is 0.330 e. The number of aliphatic hydroxyl groups excluding tert-OH is 1. The molecule has 150 valence electrons. The number of ether oxygens (including phenoxy) is 2. The fraction of sp³-hybridized carbons (Fsp3) is 0.421. The number of carbonyl (C=O) groups is 1. The van der Waals surface area contributed by atoms with Crippen molar-refractivity contribution >= 4 is 5.97 Å². The molecule has 1 fully saturated rings. The van der Waals surface area contributed by atoms with Gasteiger partial charge in [-0.2, -0.15) is 0 Å². The van der Waals surface area contributed by atoms with Crippen LogP contribution < -0.4 is 17.0 Å². The molecule has 1 aliphatic rings. The first kappa shape index (κ1) is 20.0. The van der Waals surface area contributed by atoms with E-state index < -0.39 is 35.7 Å². The first-order valence-corrected chi connectivity index (χ1v) is 8.97. The third-order valence-corrected chi connectivity index (χ3v) is 4.77. The van der Waals surface area contributed by atoms with E-state index in [0.29, 0.717) is 12.1 Å². The van der Waals surface area contributed by atoms with Gasteiger partial charge in [-0.1, -0.05) is 24.3 Å². The van der Waals surface area contributed by atoms with Gasteiger partial charge in [0.25, 0.3) is 5.56 Å². The average molecular weight is 389 g/mol. The van der Waals surface area contributed by atoms with E-state index in [-0.39, 0.29) is 19.4 Å². The number of nitrogens with two attached hydrogens (primary N) is 1. The van der Waals surface area contributed by atoms with Crippen LogP contribution >= 0.6 is 0 Å². The Kier molecular flexibility index (Phi) is 6.08. The topological polar surface area (TPSA) is 137 Å². The van der Waals surface area contributed by atoms with Crippen LogP contribution in [0.5, 0.6) is 0 Å². The van der Waals surface area contributed by atoms with Gasteiger partial charge in [0.2, 0.25) is 0 Å². The van der Waals surface area contributed by atoms with Gasteiger partial charge in [-0.05, 0) is 18.1 Å². The van der Waals surface area contributed by atoms with Gasteiger partial charge in [-0.25, -0.2) is 4.79 Å². The molecule has 4 N–H and O–H groups in total. The summed E-state index contributed by atoms with van der Waals surface area (Å²) in [6, 6.07) is 7.32. The second-order valence-electron chi connectivity index (χ2n) is 6.70. The van der Waals surface area contributed by atoms with Crippen molar-refractivity contribution in [3.05, 3.63) is 68.0 Å². The quantitative estimate of drug-likeness (QED) is 0.579. The maximum atomic E-state index is 12.4. The van der Waals surface area contributed by atoms with Crippen LogP contribution in [0.1, 0.15) is 29.3 Å². The Morgan fingerprint density at radius 3 is 2.75 bits per heavy atom. The summed E-state index contributed by atoms with van der Waals surface area (Å²) in [6.07, 6.45) is -0.619. The van der Waals surface area contributed by atoms with Crippen LogP contribution in [0.15, 0.2) is 40.1 Å². The summed E-state index contributed by atoms with van der Waals surface area (Å²) in [5, 5.41) is 9.58. The first-order valence-electron chi connectivity index (χ1n) is 8.97. The molecular formula is C19H23N3O6. The fourth-order valence-corrected chi connectivity index (χ4v) is 3.25. The Morgan fingerprint density at radius 1 is 1.36 bits per heavy atom. The zero-order chi connectivity index (χ0) is 20.3. The number of carbonyl (C=O) groups excluding carboxylic acids is 1. The van der Waals surface area contributed by atoms with Crippen molar-refractivity contribution in [3.63, 3.8) is 0 Å². The summed E-state index contributed by atoms with van der Waals surface area (Å²) in [7, 11) is 0. The van der Waals surface area contributed by atoms with E-state index in [0.717, 1.165) is 11.1 Å². The van der Waals surface area contributed by atoms with Crippen molar-refractivity contribution in [3.8, 4) is 0 Å². The predicted octanol–water partition coefficient (Wildman–Crippen LogP) is -0.262. The Hall–Kier alpha value is -2.75. The SMILES string of the molecule is Cc1cn([C@H]2C[C@@H](OC(=O)Cc3ccccc3CN)C(CO)O2)c(=O)[nH]c1=O. The van der Waals surface area contributed by atoms with Crippen LogP contribution in [-0.2, 0) is 27.2 Å². The molecule has 2 aromatic rings. The molecule has 2 heterocycles. The van der Waals surface area contributed by atoms with Crippen molar-refractivity contribution in [1.29, 1.82) is 0 Å². The van der Waals surface area contributed by atoms with Gasteiger partial charge in [0.1, 0.15) is 18.4 Å². The van der Waals surface area contributed by atoms with Gasteiger partial charge in [0.15, 0.2) is 0 Å². The number of nitrogens with zero attached hydrogens (tertiary/aromatic N) is 1. The molecule has 0 spiro atoms. The number of H-pyrrole nitrogens is 1. The largest absolute Gasteiger partial charge is 0.459 e. The van der Waals surface area contributed by atoms with Crippen molar-refractivity contribution in [2.75, 3.05) is 6.61 Å². The van der Waals surface area contributed by atoms with Gasteiger partial charge in [0, 0.05) is 24.7 Å². The molecule has 9 nitrogen and oxygen atoms in total. The zero-order valence-corrected chi connectivity index (χ0v) is 15.5. The number of esters is 1. The monoisotopic (exact) mass is 389 g/mol. The molecule has 0 amide bonds. The number of benzene rings is 1. The van der Waals surface area contributed by atoms with Crippen LogP contribution in [-0.4, -0.2) is 39.4 Å². The number of hydrogen-bond acceptors (Lipinski definition) is 7. The van der Waals surface area contributed by atoms with Crippen LogP contribution in [0.2, 0.25) is 0 Å². The Morgan fingerprint density at radius 2 is 2.07 bits per heavy atom. The lowest BCUT2D eigenvalue weighted by atomic mass is 10.0. The molecule has 0 saturated carbocycles. The normalized spacial score (nSPS) is 21.6. The van der Waals surface area contributed by atoms with E-state index in [1.54, 1.807) is 6.92 Å². The highest BCUT2D eigenvalue weighted by molar-refractivity contribution is 5.73. The number of aryl methyl sites for hydroxylation is 1. The van der Waals surface area contributed by atoms with E-state index in [4.69, 9.17) is 15.2 Å². The number of aromatic nitrogens is 2. The Labute approximate surface area is 160 Å². The minimum Gasteiger partial charge on any atom is -0.459 e. The maximum absolute atomic E-state index is 12.4. The molecule has 0 bridgehead atoms. The lowest BCUT2D eigenvalue weighted by molar-refractivity contribution is -0.152. The van der Waals surface area contributed by atoms with Gasteiger partial charge in [0.05, 0.1) is 13.0 Å². The molecule has 28 heavy (non-hydrogen) atoms. The van der Waals surface area contributed by atoms with Gasteiger partial charge in [-0.15, -0.1) is 0 Å². The van der Waals surface area contributed by atoms with Crippen LogP contribution in [0, 0.1) is 6.92 Å². The highest BCUT2D eigenvalue weighted by atomic mass is 16.6. The fourth-order valence-electron chi connectivity index (χ4n) is 3.25. The minimum atomic E-state index is -0.766. The van der Waals surface area contributed by atoms with Crippen LogP contribution in [0.25, 0.3) is 0 Å². The molecule has 1 aromatic carbocycles. The van der Waals surface area contributed by atoms with E-state index in [1.165, 1.54) is 10.8 Å². The number of hydrogen-bond donors (Lipinski definition) is 3. The lowest BCUT2D eigenvalue weighted by Crippen LogP contribution is -2.33. The number of aromatic amines is 1. The van der Waals surface area contributed by atoms with Gasteiger partial charge < -0.3 is 20.3 Å². The van der Waals surface area contributed by atoms with Crippen molar-refractivity contribution in [2.24, 2.45) is 5.73 Å². The number of nitrogens with one attached hydrogen (secondary N) is 1. The molecule has 1 saturated heterocycles. The lowest BCUT2D eigenvalue weighted by Gasteiger charge is -2.17. The van der Waals surface area contributed by atoms with Crippen molar-refractivity contribution in [1.82, 2.24) is 9.55 Å².